The number of amides is 2. The van der Waals surface area contributed by atoms with Crippen LogP contribution >= 0.6 is 11.8 Å². The molecule has 1 aromatic carbocycles. The van der Waals surface area contributed by atoms with Gasteiger partial charge >= 0.3 is 5.97 Å². The number of rotatable bonds is 4. The Morgan fingerprint density at radius 1 is 1.29 bits per heavy atom. The molecule has 2 aliphatic heterocycles. The Bertz CT molecular complexity index is 971. The fourth-order valence-corrected chi connectivity index (χ4v) is 5.42. The van der Waals surface area contributed by atoms with Crippen LogP contribution in [0.15, 0.2) is 34.9 Å². The summed E-state index contributed by atoms with van der Waals surface area (Å²) in [4.78, 5) is 38.5. The number of carbonyl (C=O) groups excluding carboxylic acids is 2. The standard InChI is InChI=1S/C19H19N3O5S/c1-9-11(12(21-27-9)10-7-5-4-6-8-10)15(23)20-13-16(24)22-14(18(25)26)19(2,3)28-17(13)22/h4-8,13-14,17H,1-3H3,(H,20,23)(H,25,26)/t13-,14?,17?/m0/s1. The van der Waals surface area contributed by atoms with Crippen molar-refractivity contribution >= 4 is 29.5 Å². The topological polar surface area (TPSA) is 113 Å². The molecule has 3 heterocycles. The first kappa shape index (κ1) is 18.5. The summed E-state index contributed by atoms with van der Waals surface area (Å²) >= 11 is 1.38. The predicted octanol–water partition coefficient (Wildman–Crippen LogP) is 1.90. The van der Waals surface area contributed by atoms with Crippen LogP contribution in [0.25, 0.3) is 11.3 Å². The molecule has 0 spiro atoms. The summed E-state index contributed by atoms with van der Waals surface area (Å²) in [5, 5.41) is 15.8. The van der Waals surface area contributed by atoms with Gasteiger partial charge in [-0.2, -0.15) is 0 Å². The van der Waals surface area contributed by atoms with Gasteiger partial charge in [-0.1, -0.05) is 35.5 Å². The van der Waals surface area contributed by atoms with E-state index < -0.39 is 34.1 Å². The number of nitrogens with zero attached hydrogens (tertiary/aromatic N) is 2. The van der Waals surface area contributed by atoms with Gasteiger partial charge in [0.2, 0.25) is 5.91 Å². The first-order valence-electron chi connectivity index (χ1n) is 8.77. The molecule has 3 atom stereocenters. The van der Waals surface area contributed by atoms with E-state index in [1.807, 2.05) is 30.3 Å². The molecule has 8 nitrogen and oxygen atoms in total. The summed E-state index contributed by atoms with van der Waals surface area (Å²) < 4.78 is 4.57. The summed E-state index contributed by atoms with van der Waals surface area (Å²) in [6, 6.07) is 7.46. The number of fused-ring (bicyclic) bond motifs is 1. The van der Waals surface area contributed by atoms with Gasteiger partial charge in [-0.25, -0.2) is 4.79 Å². The van der Waals surface area contributed by atoms with Gasteiger partial charge in [0.15, 0.2) is 0 Å². The third-order valence-electron chi connectivity index (χ3n) is 5.10. The maximum absolute atomic E-state index is 12.9. The molecule has 1 aromatic heterocycles. The molecule has 2 fully saturated rings. The van der Waals surface area contributed by atoms with Gasteiger partial charge in [0, 0.05) is 10.3 Å². The number of aliphatic carboxylic acids is 1. The van der Waals surface area contributed by atoms with Gasteiger partial charge in [-0.3, -0.25) is 9.59 Å². The van der Waals surface area contributed by atoms with Gasteiger partial charge in [-0.05, 0) is 20.8 Å². The average Bonchev–Trinajstić information content (AvgIpc) is 3.15. The zero-order chi connectivity index (χ0) is 20.2. The molecule has 0 saturated carbocycles. The minimum absolute atomic E-state index is 0.273. The van der Waals surface area contributed by atoms with Gasteiger partial charge in [-0.15, -0.1) is 11.8 Å². The molecule has 146 valence electrons. The predicted molar refractivity (Wildman–Crippen MR) is 102 cm³/mol. The third kappa shape index (κ3) is 2.69. The van der Waals surface area contributed by atoms with Crippen LogP contribution in [0.3, 0.4) is 0 Å². The zero-order valence-electron chi connectivity index (χ0n) is 15.5. The molecule has 2 N–H and O–H groups in total. The minimum atomic E-state index is -1.04. The quantitative estimate of drug-likeness (QED) is 0.752. The Kier molecular flexibility index (Phi) is 4.22. The zero-order valence-corrected chi connectivity index (χ0v) is 16.3. The van der Waals surface area contributed by atoms with E-state index in [0.717, 1.165) is 5.56 Å². The maximum Gasteiger partial charge on any atom is 0.327 e. The number of benzene rings is 1. The van der Waals surface area contributed by atoms with Crippen molar-refractivity contribution in [2.75, 3.05) is 0 Å². The van der Waals surface area contributed by atoms with Crippen molar-refractivity contribution in [3.05, 3.63) is 41.7 Å². The molecule has 4 rings (SSSR count). The van der Waals surface area contributed by atoms with Gasteiger partial charge < -0.3 is 19.8 Å². The van der Waals surface area contributed by atoms with Crippen molar-refractivity contribution in [1.29, 1.82) is 0 Å². The molecule has 28 heavy (non-hydrogen) atoms. The summed E-state index contributed by atoms with van der Waals surface area (Å²) in [6.07, 6.45) is 0. The molecular formula is C19H19N3O5S. The first-order valence-corrected chi connectivity index (χ1v) is 9.65. The van der Waals surface area contributed by atoms with Crippen molar-refractivity contribution in [1.82, 2.24) is 15.4 Å². The molecule has 2 aliphatic rings. The highest BCUT2D eigenvalue weighted by atomic mass is 32.2. The monoisotopic (exact) mass is 401 g/mol. The Morgan fingerprint density at radius 2 is 1.96 bits per heavy atom. The number of carboxylic acid groups (broad SMARTS) is 1. The van der Waals surface area contributed by atoms with Crippen molar-refractivity contribution < 1.29 is 24.0 Å². The highest BCUT2D eigenvalue weighted by Crippen LogP contribution is 2.50. The van der Waals surface area contributed by atoms with Crippen LogP contribution < -0.4 is 5.32 Å². The van der Waals surface area contributed by atoms with E-state index in [2.05, 4.69) is 10.5 Å². The SMILES string of the molecule is Cc1onc(-c2ccccc2)c1C(=O)N[C@H]1C(=O)N2C1SC(C)(C)C2C(=O)O. The van der Waals surface area contributed by atoms with Gasteiger partial charge in [0.1, 0.15) is 34.5 Å². The Labute approximate surface area is 165 Å². The second-order valence-electron chi connectivity index (χ2n) is 7.38. The summed E-state index contributed by atoms with van der Waals surface area (Å²) in [6.45, 7) is 5.22. The Balaban J connectivity index is 1.58. The molecule has 2 aromatic rings. The first-order chi connectivity index (χ1) is 13.2. The molecule has 0 radical (unpaired) electrons. The fraction of sp³-hybridized carbons (Fsp3) is 0.368. The molecular weight excluding hydrogens is 382 g/mol. The van der Waals surface area contributed by atoms with Crippen LogP contribution in [-0.2, 0) is 9.59 Å². The minimum Gasteiger partial charge on any atom is -0.480 e. The third-order valence-corrected chi connectivity index (χ3v) is 6.67. The number of nitrogens with one attached hydrogen (secondary N) is 1. The maximum atomic E-state index is 12.9. The summed E-state index contributed by atoms with van der Waals surface area (Å²) in [5.74, 6) is -1.55. The number of hydrogen-bond donors (Lipinski definition) is 2. The highest BCUT2D eigenvalue weighted by Gasteiger charge is 2.64. The number of β-lactam (4-membered cyclic amide) rings is 1. The number of carboxylic acids is 1. The summed E-state index contributed by atoms with van der Waals surface area (Å²) in [7, 11) is 0. The number of aryl methyl sites for hydroxylation is 1. The van der Waals surface area contributed by atoms with Crippen LogP contribution in [0.4, 0.5) is 0 Å². The van der Waals surface area contributed by atoms with E-state index in [9.17, 15) is 19.5 Å². The largest absolute Gasteiger partial charge is 0.480 e. The van der Waals surface area contributed by atoms with E-state index >= 15 is 0 Å². The number of thioether (sulfide) groups is 1. The second kappa shape index (κ2) is 6.37. The lowest BCUT2D eigenvalue weighted by atomic mass is 9.95. The smallest absolute Gasteiger partial charge is 0.327 e. The molecule has 0 bridgehead atoms. The van der Waals surface area contributed by atoms with Gasteiger partial charge in [0.05, 0.1) is 0 Å². The van der Waals surface area contributed by atoms with E-state index in [0.29, 0.717) is 11.5 Å². The molecule has 9 heteroatoms. The lowest BCUT2D eigenvalue weighted by Crippen LogP contribution is -2.70. The van der Waals surface area contributed by atoms with Crippen LogP contribution in [0.5, 0.6) is 0 Å². The van der Waals surface area contributed by atoms with E-state index in [4.69, 9.17) is 4.52 Å². The van der Waals surface area contributed by atoms with E-state index in [1.165, 1.54) is 16.7 Å². The normalized spacial score (nSPS) is 25.2. The lowest BCUT2D eigenvalue weighted by Gasteiger charge is -2.43. The Morgan fingerprint density at radius 3 is 2.61 bits per heavy atom. The van der Waals surface area contributed by atoms with Crippen molar-refractivity contribution in [2.24, 2.45) is 0 Å². The second-order valence-corrected chi connectivity index (χ2v) is 9.15. The molecule has 0 aliphatic carbocycles. The molecule has 2 saturated heterocycles. The van der Waals surface area contributed by atoms with Crippen LogP contribution in [0.2, 0.25) is 0 Å². The highest BCUT2D eigenvalue weighted by molar-refractivity contribution is 8.01. The van der Waals surface area contributed by atoms with E-state index in [1.54, 1.807) is 20.8 Å². The fourth-order valence-electron chi connectivity index (χ4n) is 3.79. The molecule has 2 unspecified atom stereocenters. The lowest BCUT2D eigenvalue weighted by molar-refractivity contribution is -0.159. The van der Waals surface area contributed by atoms with E-state index in [-0.39, 0.29) is 11.5 Å². The van der Waals surface area contributed by atoms with Crippen molar-refractivity contribution in [2.45, 2.75) is 43.0 Å². The summed E-state index contributed by atoms with van der Waals surface area (Å²) in [5.41, 5.74) is 1.41. The Hall–Kier alpha value is -2.81. The average molecular weight is 401 g/mol. The van der Waals surface area contributed by atoms with Crippen molar-refractivity contribution in [3.8, 4) is 11.3 Å². The van der Waals surface area contributed by atoms with Crippen molar-refractivity contribution in [3.63, 3.8) is 0 Å². The van der Waals surface area contributed by atoms with Crippen LogP contribution in [0.1, 0.15) is 30.0 Å². The number of hydrogen-bond acceptors (Lipinski definition) is 6. The van der Waals surface area contributed by atoms with Crippen LogP contribution in [-0.4, -0.2) is 55.2 Å². The molecule has 2 amide bonds. The van der Waals surface area contributed by atoms with Gasteiger partial charge in [0.25, 0.3) is 5.91 Å². The number of carbonyl (C=O) groups is 3. The number of aromatic nitrogens is 1. The van der Waals surface area contributed by atoms with Crippen LogP contribution in [0, 0.1) is 6.92 Å².